The lowest BCUT2D eigenvalue weighted by Gasteiger charge is -2.34. The van der Waals surface area contributed by atoms with E-state index >= 15 is 0 Å². The van der Waals surface area contributed by atoms with Gasteiger partial charge in [-0.2, -0.15) is 0 Å². The smallest absolute Gasteiger partial charge is 0.328 e. The zero-order valence-electron chi connectivity index (χ0n) is 13.4. The van der Waals surface area contributed by atoms with Crippen LogP contribution >= 0.6 is 0 Å². The van der Waals surface area contributed by atoms with Crippen LogP contribution in [0.4, 0.5) is 5.69 Å². The number of hydrogen-bond donors (Lipinski definition) is 2. The number of aliphatic carboxylic acids is 1. The fourth-order valence-corrected chi connectivity index (χ4v) is 2.42. The van der Waals surface area contributed by atoms with Gasteiger partial charge in [-0.05, 0) is 13.0 Å². The zero-order chi connectivity index (χ0) is 18.6. The fraction of sp³-hybridized carbons (Fsp3) is 0.400. The molecule has 2 atom stereocenters. The van der Waals surface area contributed by atoms with E-state index in [4.69, 9.17) is 9.84 Å². The summed E-state index contributed by atoms with van der Waals surface area (Å²) in [6, 6.07) is 2.99. The summed E-state index contributed by atoms with van der Waals surface area (Å²) in [7, 11) is 0. The number of carboxylic acid groups (broad SMARTS) is 1. The molecule has 0 bridgehead atoms. The van der Waals surface area contributed by atoms with E-state index in [1.165, 1.54) is 25.1 Å². The molecule has 1 aromatic carbocycles. The monoisotopic (exact) mass is 351 g/mol. The number of benzene rings is 1. The molecule has 0 saturated carbocycles. The van der Waals surface area contributed by atoms with Crippen molar-refractivity contribution in [2.45, 2.75) is 19.0 Å². The molecular weight excluding hydrogens is 334 g/mol. The highest BCUT2D eigenvalue weighted by molar-refractivity contribution is 5.98. The van der Waals surface area contributed by atoms with Crippen LogP contribution in [-0.4, -0.2) is 64.6 Å². The molecule has 1 saturated heterocycles. The first-order valence-electron chi connectivity index (χ1n) is 7.47. The van der Waals surface area contributed by atoms with E-state index < -0.39 is 34.8 Å². The van der Waals surface area contributed by atoms with Crippen LogP contribution in [0.25, 0.3) is 0 Å². The largest absolute Gasteiger partial charge is 0.480 e. The topological polar surface area (TPSA) is 139 Å². The molecule has 2 unspecified atom stereocenters. The summed E-state index contributed by atoms with van der Waals surface area (Å²) < 4.78 is 5.06. The summed E-state index contributed by atoms with van der Waals surface area (Å²) in [5.41, 5.74) is -0.212. The van der Waals surface area contributed by atoms with Gasteiger partial charge in [0, 0.05) is 24.2 Å². The number of nitrogens with zero attached hydrogens (tertiary/aromatic N) is 2. The molecule has 1 aliphatic rings. The van der Waals surface area contributed by atoms with Crippen molar-refractivity contribution in [2.24, 2.45) is 0 Å². The van der Waals surface area contributed by atoms with Gasteiger partial charge in [-0.3, -0.25) is 19.7 Å². The maximum atomic E-state index is 12.4. The second-order valence-corrected chi connectivity index (χ2v) is 5.46. The molecule has 10 nitrogen and oxygen atoms in total. The Balaban J connectivity index is 2.07. The number of ether oxygens (including phenoxy) is 1. The molecule has 2 amide bonds. The van der Waals surface area contributed by atoms with Crippen molar-refractivity contribution < 1.29 is 29.2 Å². The van der Waals surface area contributed by atoms with Gasteiger partial charge < -0.3 is 20.1 Å². The summed E-state index contributed by atoms with van der Waals surface area (Å²) in [5.74, 6) is -2.41. The molecule has 0 aliphatic carbocycles. The third-order valence-corrected chi connectivity index (χ3v) is 3.73. The molecule has 1 heterocycles. The Morgan fingerprint density at radius 1 is 1.44 bits per heavy atom. The van der Waals surface area contributed by atoms with Gasteiger partial charge in [0.2, 0.25) is 5.91 Å². The van der Waals surface area contributed by atoms with Crippen LogP contribution in [0.15, 0.2) is 24.3 Å². The molecule has 2 rings (SSSR count). The SMILES string of the molecule is CC(NC(=O)c1cccc([N+](=O)[O-])c1)C(=O)N1CCOCC1C(=O)O. The number of hydrogen-bond acceptors (Lipinski definition) is 6. The number of nitro groups is 1. The lowest BCUT2D eigenvalue weighted by atomic mass is 10.1. The lowest BCUT2D eigenvalue weighted by Crippen LogP contribution is -2.57. The minimum absolute atomic E-state index is 0.0330. The van der Waals surface area contributed by atoms with E-state index in [2.05, 4.69) is 5.32 Å². The van der Waals surface area contributed by atoms with Gasteiger partial charge in [-0.25, -0.2) is 4.79 Å². The van der Waals surface area contributed by atoms with E-state index in [9.17, 15) is 24.5 Å². The third kappa shape index (κ3) is 4.29. The maximum Gasteiger partial charge on any atom is 0.328 e. The van der Waals surface area contributed by atoms with Crippen LogP contribution in [-0.2, 0) is 14.3 Å². The summed E-state index contributed by atoms with van der Waals surface area (Å²) in [6.45, 7) is 1.62. The van der Waals surface area contributed by atoms with E-state index in [0.29, 0.717) is 0 Å². The summed E-state index contributed by atoms with van der Waals surface area (Å²) in [4.78, 5) is 47.1. The summed E-state index contributed by atoms with van der Waals surface area (Å²) in [6.07, 6.45) is 0. The number of carbonyl (C=O) groups is 3. The van der Waals surface area contributed by atoms with Gasteiger partial charge in [0.05, 0.1) is 18.1 Å². The van der Waals surface area contributed by atoms with Crippen molar-refractivity contribution in [1.82, 2.24) is 10.2 Å². The van der Waals surface area contributed by atoms with Gasteiger partial charge in [-0.1, -0.05) is 6.07 Å². The van der Waals surface area contributed by atoms with Crippen LogP contribution in [0.3, 0.4) is 0 Å². The quantitative estimate of drug-likeness (QED) is 0.563. The number of morpholine rings is 1. The highest BCUT2D eigenvalue weighted by atomic mass is 16.6. The van der Waals surface area contributed by atoms with Crippen molar-refractivity contribution >= 4 is 23.5 Å². The molecule has 134 valence electrons. The second kappa shape index (κ2) is 7.71. The summed E-state index contributed by atoms with van der Waals surface area (Å²) in [5, 5.41) is 22.3. The molecule has 25 heavy (non-hydrogen) atoms. The highest BCUT2D eigenvalue weighted by Gasteiger charge is 2.35. The van der Waals surface area contributed by atoms with Gasteiger partial charge in [0.1, 0.15) is 6.04 Å². The minimum atomic E-state index is -1.19. The second-order valence-electron chi connectivity index (χ2n) is 5.46. The van der Waals surface area contributed by atoms with Crippen LogP contribution in [0, 0.1) is 10.1 Å². The van der Waals surface area contributed by atoms with E-state index in [1.807, 2.05) is 0 Å². The lowest BCUT2D eigenvalue weighted by molar-refractivity contribution is -0.384. The van der Waals surface area contributed by atoms with E-state index in [0.717, 1.165) is 11.0 Å². The number of carboxylic acids is 1. The number of amides is 2. The highest BCUT2D eigenvalue weighted by Crippen LogP contribution is 2.14. The van der Waals surface area contributed by atoms with Crippen molar-refractivity contribution in [2.75, 3.05) is 19.8 Å². The first-order valence-corrected chi connectivity index (χ1v) is 7.47. The van der Waals surface area contributed by atoms with E-state index in [1.54, 1.807) is 0 Å². The number of carbonyl (C=O) groups excluding carboxylic acids is 2. The molecule has 0 radical (unpaired) electrons. The van der Waals surface area contributed by atoms with Crippen LogP contribution in [0.5, 0.6) is 0 Å². The normalized spacial score (nSPS) is 18.3. The van der Waals surface area contributed by atoms with Crippen molar-refractivity contribution in [3.05, 3.63) is 39.9 Å². The summed E-state index contributed by atoms with van der Waals surface area (Å²) >= 11 is 0. The number of nitrogens with one attached hydrogen (secondary N) is 1. The predicted molar refractivity (Wildman–Crippen MR) is 84.0 cm³/mol. The van der Waals surface area contributed by atoms with Crippen molar-refractivity contribution in [1.29, 1.82) is 0 Å². The van der Waals surface area contributed by atoms with Crippen LogP contribution in [0.2, 0.25) is 0 Å². The molecular formula is C15H17N3O7. The van der Waals surface area contributed by atoms with Crippen LogP contribution in [0.1, 0.15) is 17.3 Å². The Labute approximate surface area is 142 Å². The molecule has 1 aromatic rings. The average molecular weight is 351 g/mol. The number of rotatable bonds is 5. The van der Waals surface area contributed by atoms with Crippen LogP contribution < -0.4 is 5.32 Å². The molecule has 10 heteroatoms. The zero-order valence-corrected chi connectivity index (χ0v) is 13.4. The van der Waals surface area contributed by atoms with Crippen molar-refractivity contribution in [3.63, 3.8) is 0 Å². The average Bonchev–Trinajstić information content (AvgIpc) is 2.60. The number of non-ortho nitro benzene ring substituents is 1. The standard InChI is InChI=1S/C15H17N3O7/c1-9(14(20)17-5-6-25-8-12(17)15(21)22)16-13(19)10-3-2-4-11(7-10)18(23)24/h2-4,7,9,12H,5-6,8H2,1H3,(H,16,19)(H,21,22). The first-order chi connectivity index (χ1) is 11.8. The Hall–Kier alpha value is -3.01. The van der Waals surface area contributed by atoms with Gasteiger partial charge in [-0.15, -0.1) is 0 Å². The fourth-order valence-electron chi connectivity index (χ4n) is 2.42. The maximum absolute atomic E-state index is 12.4. The molecule has 1 aliphatic heterocycles. The molecule has 2 N–H and O–H groups in total. The molecule has 1 fully saturated rings. The van der Waals surface area contributed by atoms with Gasteiger partial charge >= 0.3 is 5.97 Å². The van der Waals surface area contributed by atoms with Crippen molar-refractivity contribution in [3.8, 4) is 0 Å². The van der Waals surface area contributed by atoms with Gasteiger partial charge in [0.15, 0.2) is 6.04 Å². The Kier molecular flexibility index (Phi) is 5.65. The molecule has 0 spiro atoms. The minimum Gasteiger partial charge on any atom is -0.480 e. The Morgan fingerprint density at radius 3 is 2.80 bits per heavy atom. The first kappa shape index (κ1) is 18.3. The predicted octanol–water partition coefficient (Wildman–Crippen LogP) is 0.0251. The third-order valence-electron chi connectivity index (χ3n) is 3.73. The van der Waals surface area contributed by atoms with Gasteiger partial charge in [0.25, 0.3) is 11.6 Å². The Bertz CT molecular complexity index is 706. The Morgan fingerprint density at radius 2 is 2.16 bits per heavy atom. The number of nitro benzene ring substituents is 1. The molecule has 0 aromatic heterocycles. The van der Waals surface area contributed by atoms with E-state index in [-0.39, 0.29) is 31.0 Å².